The summed E-state index contributed by atoms with van der Waals surface area (Å²) in [5.41, 5.74) is 1.71. The summed E-state index contributed by atoms with van der Waals surface area (Å²) in [5, 5.41) is 3.77. The van der Waals surface area contributed by atoms with Gasteiger partial charge < -0.3 is 19.7 Å². The van der Waals surface area contributed by atoms with Crippen LogP contribution in [0.5, 0.6) is 5.75 Å². The highest BCUT2D eigenvalue weighted by molar-refractivity contribution is 7.19. The molecule has 7 heteroatoms. The van der Waals surface area contributed by atoms with Gasteiger partial charge in [-0.3, -0.25) is 4.79 Å². The number of aryl methyl sites for hydroxylation is 1. The molecule has 0 atom stereocenters. The van der Waals surface area contributed by atoms with E-state index in [0.29, 0.717) is 44.2 Å². The van der Waals surface area contributed by atoms with Crippen LogP contribution in [0.4, 0.5) is 4.79 Å². The Morgan fingerprint density at radius 3 is 2.79 bits per heavy atom. The van der Waals surface area contributed by atoms with Gasteiger partial charge in [-0.2, -0.15) is 0 Å². The van der Waals surface area contributed by atoms with Gasteiger partial charge in [0.05, 0.1) is 12.1 Å². The minimum atomic E-state index is -0.326. The van der Waals surface area contributed by atoms with E-state index in [0.717, 1.165) is 20.5 Å². The number of hydrogen-bond donors (Lipinski definition) is 1. The molecule has 2 aromatic carbocycles. The second-order valence-corrected chi connectivity index (χ2v) is 8.05. The monoisotopic (exact) mass is 410 g/mol. The van der Waals surface area contributed by atoms with Crippen LogP contribution >= 0.6 is 11.3 Å². The van der Waals surface area contributed by atoms with Crippen molar-refractivity contribution in [3.63, 3.8) is 0 Å². The van der Waals surface area contributed by atoms with Crippen LogP contribution in [0.1, 0.15) is 20.8 Å². The average molecular weight is 410 g/mol. The van der Waals surface area contributed by atoms with Gasteiger partial charge in [-0.15, -0.1) is 11.3 Å². The molecule has 0 spiro atoms. The van der Waals surface area contributed by atoms with Crippen molar-refractivity contribution in [1.29, 1.82) is 0 Å². The van der Waals surface area contributed by atoms with Crippen molar-refractivity contribution in [2.45, 2.75) is 13.5 Å². The van der Waals surface area contributed by atoms with E-state index in [2.05, 4.69) is 5.32 Å². The predicted octanol–water partition coefficient (Wildman–Crippen LogP) is 3.97. The molecule has 2 amide bonds. The van der Waals surface area contributed by atoms with Gasteiger partial charge in [-0.25, -0.2) is 4.79 Å². The van der Waals surface area contributed by atoms with Crippen LogP contribution in [0.15, 0.2) is 48.5 Å². The number of rotatable bonds is 7. The summed E-state index contributed by atoms with van der Waals surface area (Å²) >= 11 is 1.58. The van der Waals surface area contributed by atoms with Gasteiger partial charge in [0, 0.05) is 28.1 Å². The quantitative estimate of drug-likeness (QED) is 0.640. The zero-order valence-electron chi connectivity index (χ0n) is 16.1. The second-order valence-electron chi connectivity index (χ2n) is 6.79. The Balaban J connectivity index is 1.51. The molecule has 0 bridgehead atoms. The third kappa shape index (κ3) is 4.19. The number of benzene rings is 2. The molecular weight excluding hydrogens is 388 g/mol. The smallest absolute Gasteiger partial charge is 0.409 e. The van der Waals surface area contributed by atoms with Gasteiger partial charge in [0.25, 0.3) is 5.91 Å². The molecule has 0 unspecified atom stereocenters. The number of hydrogen-bond acceptors (Lipinski definition) is 5. The van der Waals surface area contributed by atoms with Crippen LogP contribution in [0.25, 0.3) is 10.1 Å². The highest BCUT2D eigenvalue weighted by Gasteiger charge is 2.23. The number of fused-ring (bicyclic) bond motifs is 1. The van der Waals surface area contributed by atoms with E-state index < -0.39 is 0 Å². The molecule has 6 nitrogen and oxygen atoms in total. The van der Waals surface area contributed by atoms with E-state index in [1.54, 1.807) is 16.2 Å². The highest BCUT2D eigenvalue weighted by atomic mass is 32.1. The first-order valence-electron chi connectivity index (χ1n) is 9.52. The number of ether oxygens (including phenoxy) is 2. The first-order chi connectivity index (χ1) is 14.1. The first-order valence-corrected chi connectivity index (χ1v) is 10.3. The third-order valence-electron chi connectivity index (χ3n) is 4.83. The van der Waals surface area contributed by atoms with Gasteiger partial charge in [0.2, 0.25) is 0 Å². The topological polar surface area (TPSA) is 67.9 Å². The molecule has 1 aromatic heterocycles. The number of thiophene rings is 1. The maximum Gasteiger partial charge on any atom is 0.409 e. The van der Waals surface area contributed by atoms with E-state index in [1.165, 1.54) is 0 Å². The molecule has 1 aliphatic rings. The minimum Gasteiger partial charge on any atom is -0.488 e. The lowest BCUT2D eigenvalue weighted by molar-refractivity contribution is 0.0950. The Labute approximate surface area is 173 Å². The molecule has 1 saturated heterocycles. The molecule has 1 N–H and O–H groups in total. The standard InChI is InChI=1S/C22H22N2O4S/c1-15-19(21(25)23-10-11-24-12-13-27-22(24)26)20-17(8-5-9-18(20)29-15)28-14-16-6-3-2-4-7-16/h2-9H,10-14H2,1H3,(H,23,25). The van der Waals surface area contributed by atoms with Gasteiger partial charge >= 0.3 is 6.09 Å². The molecule has 0 saturated carbocycles. The Morgan fingerprint density at radius 1 is 1.21 bits per heavy atom. The molecule has 150 valence electrons. The van der Waals surface area contributed by atoms with Crippen LogP contribution in [0, 0.1) is 6.92 Å². The van der Waals surface area contributed by atoms with Crippen LogP contribution in [0.2, 0.25) is 0 Å². The molecule has 1 fully saturated rings. The van der Waals surface area contributed by atoms with Crippen molar-refractivity contribution < 1.29 is 19.1 Å². The molecular formula is C22H22N2O4S. The number of nitrogens with one attached hydrogen (secondary N) is 1. The Morgan fingerprint density at radius 2 is 2.03 bits per heavy atom. The van der Waals surface area contributed by atoms with E-state index >= 15 is 0 Å². The lowest BCUT2D eigenvalue weighted by atomic mass is 10.1. The van der Waals surface area contributed by atoms with Crippen molar-refractivity contribution >= 4 is 33.4 Å². The Hall–Kier alpha value is -3.06. The fourth-order valence-electron chi connectivity index (χ4n) is 3.39. The van der Waals surface area contributed by atoms with Crippen LogP contribution in [-0.2, 0) is 11.3 Å². The van der Waals surface area contributed by atoms with Gasteiger partial charge in [-0.05, 0) is 24.6 Å². The molecule has 4 rings (SSSR count). The van der Waals surface area contributed by atoms with Crippen LogP contribution in [0.3, 0.4) is 0 Å². The van der Waals surface area contributed by atoms with Crippen molar-refractivity contribution in [3.05, 3.63) is 64.5 Å². The molecule has 0 radical (unpaired) electrons. The highest BCUT2D eigenvalue weighted by Crippen LogP contribution is 2.37. The van der Waals surface area contributed by atoms with E-state index in [-0.39, 0.29) is 12.0 Å². The van der Waals surface area contributed by atoms with Crippen molar-refractivity contribution in [1.82, 2.24) is 10.2 Å². The molecule has 0 aliphatic carbocycles. The SMILES string of the molecule is Cc1sc2cccc(OCc3ccccc3)c2c1C(=O)NCCN1CCOC1=O. The number of carbonyl (C=O) groups is 2. The molecule has 1 aliphatic heterocycles. The van der Waals surface area contributed by atoms with E-state index in [1.807, 2.05) is 55.5 Å². The molecule has 3 aromatic rings. The maximum atomic E-state index is 12.9. The Kier molecular flexibility index (Phi) is 5.67. The lowest BCUT2D eigenvalue weighted by Gasteiger charge is -2.13. The fourth-order valence-corrected chi connectivity index (χ4v) is 4.46. The zero-order valence-corrected chi connectivity index (χ0v) is 17.0. The first kappa shape index (κ1) is 19.3. The molecule has 2 heterocycles. The maximum absolute atomic E-state index is 12.9. The van der Waals surface area contributed by atoms with E-state index in [4.69, 9.17) is 9.47 Å². The summed E-state index contributed by atoms with van der Waals surface area (Å²) in [5.74, 6) is 0.543. The average Bonchev–Trinajstić information content (AvgIpc) is 3.29. The van der Waals surface area contributed by atoms with Crippen molar-refractivity contribution in [3.8, 4) is 5.75 Å². The number of carbonyl (C=O) groups excluding carboxylic acids is 2. The summed E-state index contributed by atoms with van der Waals surface area (Å²) < 4.78 is 12.0. The summed E-state index contributed by atoms with van der Waals surface area (Å²) in [6, 6.07) is 15.8. The summed E-state index contributed by atoms with van der Waals surface area (Å²) in [4.78, 5) is 27.0. The summed E-state index contributed by atoms with van der Waals surface area (Å²) in [6.45, 7) is 4.15. The zero-order chi connectivity index (χ0) is 20.2. The van der Waals surface area contributed by atoms with Gasteiger partial charge in [0.1, 0.15) is 19.0 Å². The van der Waals surface area contributed by atoms with Crippen molar-refractivity contribution in [2.75, 3.05) is 26.2 Å². The van der Waals surface area contributed by atoms with E-state index in [9.17, 15) is 9.59 Å². The van der Waals surface area contributed by atoms with Gasteiger partial charge in [-0.1, -0.05) is 36.4 Å². The largest absolute Gasteiger partial charge is 0.488 e. The minimum absolute atomic E-state index is 0.155. The number of amides is 2. The van der Waals surface area contributed by atoms with Crippen LogP contribution in [-0.4, -0.2) is 43.1 Å². The van der Waals surface area contributed by atoms with Crippen molar-refractivity contribution in [2.24, 2.45) is 0 Å². The lowest BCUT2D eigenvalue weighted by Crippen LogP contribution is -2.35. The number of cyclic esters (lactones) is 1. The number of nitrogens with zero attached hydrogens (tertiary/aromatic N) is 1. The summed E-state index contributed by atoms with van der Waals surface area (Å²) in [6.07, 6.45) is -0.326. The Bertz CT molecular complexity index is 1030. The third-order valence-corrected chi connectivity index (χ3v) is 5.90. The second kappa shape index (κ2) is 8.53. The van der Waals surface area contributed by atoms with Gasteiger partial charge in [0.15, 0.2) is 0 Å². The summed E-state index contributed by atoms with van der Waals surface area (Å²) in [7, 11) is 0. The normalized spacial score (nSPS) is 13.6. The predicted molar refractivity (Wildman–Crippen MR) is 113 cm³/mol. The fraction of sp³-hybridized carbons (Fsp3) is 0.273. The molecule has 29 heavy (non-hydrogen) atoms. The van der Waals surface area contributed by atoms with Crippen LogP contribution < -0.4 is 10.1 Å².